The minimum atomic E-state index is 1.15. The van der Waals surface area contributed by atoms with Crippen LogP contribution >= 0.6 is 31.9 Å². The van der Waals surface area contributed by atoms with Crippen LogP contribution in [0.3, 0.4) is 0 Å². The fraction of sp³-hybridized carbons (Fsp3) is 0.429. The Balaban J connectivity index is 4.25. The first-order valence-electron chi connectivity index (χ1n) is 2.71. The molecular formula is C7H10Br2. The van der Waals surface area contributed by atoms with Crippen LogP contribution in [0.1, 0.15) is 20.8 Å². The predicted octanol–water partition coefficient (Wildman–Crippen LogP) is 3.97. The van der Waals surface area contributed by atoms with Gasteiger partial charge in [-0.15, -0.1) is 0 Å². The van der Waals surface area contributed by atoms with E-state index in [4.69, 9.17) is 0 Å². The molecule has 0 fully saturated rings. The number of allylic oxidation sites excluding steroid dienone is 4. The van der Waals surface area contributed by atoms with Crippen molar-refractivity contribution in [3.63, 3.8) is 0 Å². The normalized spacial score (nSPS) is 15.4. The molecule has 0 saturated carbocycles. The first kappa shape index (κ1) is 9.44. The van der Waals surface area contributed by atoms with Gasteiger partial charge in [0.15, 0.2) is 0 Å². The van der Waals surface area contributed by atoms with Gasteiger partial charge in [0.2, 0.25) is 0 Å². The topological polar surface area (TPSA) is 0 Å². The van der Waals surface area contributed by atoms with E-state index in [1.807, 2.05) is 13.8 Å². The molecule has 0 aliphatic heterocycles. The van der Waals surface area contributed by atoms with Crippen molar-refractivity contribution in [1.82, 2.24) is 0 Å². The van der Waals surface area contributed by atoms with E-state index >= 15 is 0 Å². The summed E-state index contributed by atoms with van der Waals surface area (Å²) in [7, 11) is 0. The molecule has 0 atom stereocenters. The summed E-state index contributed by atoms with van der Waals surface area (Å²) < 4.78 is 2.33. The summed E-state index contributed by atoms with van der Waals surface area (Å²) >= 11 is 6.73. The van der Waals surface area contributed by atoms with Crippen molar-refractivity contribution in [2.75, 3.05) is 0 Å². The molecule has 0 unspecified atom stereocenters. The van der Waals surface area contributed by atoms with E-state index in [-0.39, 0.29) is 0 Å². The van der Waals surface area contributed by atoms with Gasteiger partial charge in [-0.1, -0.05) is 31.9 Å². The molecule has 0 nitrogen and oxygen atoms in total. The maximum Gasteiger partial charge on any atom is -0.00509 e. The quantitative estimate of drug-likeness (QED) is 0.621. The Hall–Kier alpha value is 0.440. The molecule has 0 bridgehead atoms. The van der Waals surface area contributed by atoms with Crippen molar-refractivity contribution in [3.05, 3.63) is 20.6 Å². The Kier molecular flexibility index (Phi) is 4.50. The van der Waals surface area contributed by atoms with Gasteiger partial charge in [-0.05, 0) is 41.4 Å². The lowest BCUT2D eigenvalue weighted by Crippen LogP contribution is -1.70. The second-order valence-electron chi connectivity index (χ2n) is 1.95. The van der Waals surface area contributed by atoms with Crippen LogP contribution in [-0.4, -0.2) is 0 Å². The molecule has 0 aromatic rings. The average Bonchev–Trinajstić information content (AvgIpc) is 1.63. The molecule has 0 rings (SSSR count). The molecular weight excluding hydrogens is 244 g/mol. The third-order valence-corrected chi connectivity index (χ3v) is 1.81. The lowest BCUT2D eigenvalue weighted by atomic mass is 10.3. The highest BCUT2D eigenvalue weighted by molar-refractivity contribution is 9.12. The fourth-order valence-corrected chi connectivity index (χ4v) is 0.856. The van der Waals surface area contributed by atoms with Crippen molar-refractivity contribution >= 4 is 31.9 Å². The smallest absolute Gasteiger partial charge is 0.00509 e. The highest BCUT2D eigenvalue weighted by atomic mass is 79.9. The van der Waals surface area contributed by atoms with E-state index in [9.17, 15) is 0 Å². The van der Waals surface area contributed by atoms with E-state index in [1.54, 1.807) is 0 Å². The second-order valence-corrected chi connectivity index (χ2v) is 4.39. The van der Waals surface area contributed by atoms with Crippen LogP contribution in [0, 0.1) is 0 Å². The van der Waals surface area contributed by atoms with Crippen LogP contribution in [0.4, 0.5) is 0 Å². The third-order valence-electron chi connectivity index (χ3n) is 0.959. The Morgan fingerprint density at radius 3 is 1.67 bits per heavy atom. The first-order valence-corrected chi connectivity index (χ1v) is 4.29. The molecule has 0 heterocycles. The Bertz CT molecular complexity index is 146. The summed E-state index contributed by atoms with van der Waals surface area (Å²) in [6.07, 6.45) is 2.07. The van der Waals surface area contributed by atoms with E-state index in [0.717, 1.165) is 4.48 Å². The number of rotatable bonds is 1. The number of hydrogen-bond donors (Lipinski definition) is 0. The summed E-state index contributed by atoms with van der Waals surface area (Å²) in [5, 5.41) is 0. The maximum atomic E-state index is 3.38. The van der Waals surface area contributed by atoms with Crippen molar-refractivity contribution in [2.24, 2.45) is 0 Å². The first-order chi connectivity index (χ1) is 4.04. The third kappa shape index (κ3) is 4.91. The van der Waals surface area contributed by atoms with E-state index < -0.39 is 0 Å². The zero-order valence-electron chi connectivity index (χ0n) is 5.83. The van der Waals surface area contributed by atoms with Crippen LogP contribution < -0.4 is 0 Å². The average molecular weight is 254 g/mol. The fourth-order valence-electron chi connectivity index (χ4n) is 0.398. The molecule has 0 aliphatic carbocycles. The highest BCUT2D eigenvalue weighted by Gasteiger charge is 1.87. The van der Waals surface area contributed by atoms with Gasteiger partial charge in [-0.3, -0.25) is 0 Å². The number of halogens is 2. The van der Waals surface area contributed by atoms with Crippen molar-refractivity contribution in [1.29, 1.82) is 0 Å². The molecule has 0 saturated heterocycles. The summed E-state index contributed by atoms with van der Waals surface area (Å²) in [5.41, 5.74) is 1.25. The van der Waals surface area contributed by atoms with Crippen molar-refractivity contribution < 1.29 is 0 Å². The molecule has 0 aromatic heterocycles. The predicted molar refractivity (Wildman–Crippen MR) is 50.0 cm³/mol. The Labute approximate surface area is 73.3 Å². The lowest BCUT2D eigenvalue weighted by Gasteiger charge is -1.93. The van der Waals surface area contributed by atoms with Crippen LogP contribution in [0.15, 0.2) is 20.6 Å². The zero-order chi connectivity index (χ0) is 7.44. The van der Waals surface area contributed by atoms with Gasteiger partial charge in [-0.25, -0.2) is 0 Å². The summed E-state index contributed by atoms with van der Waals surface area (Å²) in [6, 6.07) is 0. The maximum absolute atomic E-state index is 3.38. The minimum Gasteiger partial charge on any atom is -0.0560 e. The molecule has 9 heavy (non-hydrogen) atoms. The van der Waals surface area contributed by atoms with Crippen LogP contribution in [-0.2, 0) is 0 Å². The SMILES string of the molecule is C/C(Br)=C\C(C)=C(/C)Br. The molecule has 0 radical (unpaired) electrons. The summed E-state index contributed by atoms with van der Waals surface area (Å²) in [5.74, 6) is 0. The van der Waals surface area contributed by atoms with Crippen LogP contribution in [0.2, 0.25) is 0 Å². The second kappa shape index (κ2) is 4.29. The molecule has 2 heteroatoms. The summed E-state index contributed by atoms with van der Waals surface area (Å²) in [4.78, 5) is 0. The van der Waals surface area contributed by atoms with Gasteiger partial charge in [0, 0.05) is 0 Å². The Morgan fingerprint density at radius 2 is 1.56 bits per heavy atom. The largest absolute Gasteiger partial charge is 0.0560 e. The minimum absolute atomic E-state index is 1.15. The lowest BCUT2D eigenvalue weighted by molar-refractivity contribution is 1.44. The van der Waals surface area contributed by atoms with Gasteiger partial charge in [0.1, 0.15) is 0 Å². The van der Waals surface area contributed by atoms with E-state index in [1.165, 1.54) is 10.1 Å². The van der Waals surface area contributed by atoms with Gasteiger partial charge in [0.25, 0.3) is 0 Å². The molecule has 0 aromatic carbocycles. The highest BCUT2D eigenvalue weighted by Crippen LogP contribution is 2.15. The molecule has 0 amide bonds. The van der Waals surface area contributed by atoms with Gasteiger partial charge >= 0.3 is 0 Å². The van der Waals surface area contributed by atoms with Crippen molar-refractivity contribution in [3.8, 4) is 0 Å². The number of hydrogen-bond acceptors (Lipinski definition) is 0. The van der Waals surface area contributed by atoms with Gasteiger partial charge in [0.05, 0.1) is 0 Å². The molecule has 0 spiro atoms. The monoisotopic (exact) mass is 252 g/mol. The van der Waals surface area contributed by atoms with E-state index in [2.05, 4.69) is 44.9 Å². The van der Waals surface area contributed by atoms with E-state index in [0.29, 0.717) is 0 Å². The van der Waals surface area contributed by atoms with Crippen LogP contribution in [0.5, 0.6) is 0 Å². The van der Waals surface area contributed by atoms with Crippen LogP contribution in [0.25, 0.3) is 0 Å². The summed E-state index contributed by atoms with van der Waals surface area (Å²) in [6.45, 7) is 6.11. The van der Waals surface area contributed by atoms with Gasteiger partial charge < -0.3 is 0 Å². The van der Waals surface area contributed by atoms with Gasteiger partial charge in [-0.2, -0.15) is 0 Å². The molecule has 52 valence electrons. The Morgan fingerprint density at radius 1 is 1.11 bits per heavy atom. The molecule has 0 N–H and O–H groups in total. The zero-order valence-corrected chi connectivity index (χ0v) is 9.01. The molecule has 0 aliphatic rings. The van der Waals surface area contributed by atoms with Crippen molar-refractivity contribution in [2.45, 2.75) is 20.8 Å². The standard InChI is InChI=1S/C7H10Br2/c1-5(7(3)9)4-6(2)8/h4H,1-3H3/b6-4+,7-5+.